The summed E-state index contributed by atoms with van der Waals surface area (Å²) < 4.78 is 7.26. The number of carbonyl (C=O) groups is 1. The van der Waals surface area contributed by atoms with E-state index in [9.17, 15) is 4.79 Å². The Kier molecular flexibility index (Phi) is 6.01. The fraction of sp³-hybridized carbons (Fsp3) is 0.769. The molecule has 8 heteroatoms. The molecular formula is C13H23N5O2S. The Labute approximate surface area is 129 Å². The summed E-state index contributed by atoms with van der Waals surface area (Å²) in [5.74, 6) is 1.11. The van der Waals surface area contributed by atoms with E-state index in [1.807, 2.05) is 4.57 Å². The smallest absolute Gasteiger partial charge is 0.230 e. The van der Waals surface area contributed by atoms with Crippen molar-refractivity contribution < 1.29 is 9.53 Å². The number of ether oxygens (including phenoxy) is 1. The highest BCUT2D eigenvalue weighted by molar-refractivity contribution is 7.99. The first-order chi connectivity index (χ1) is 10.1. The van der Waals surface area contributed by atoms with Gasteiger partial charge < -0.3 is 20.4 Å². The molecule has 1 amide bonds. The molecule has 1 aromatic heterocycles. The summed E-state index contributed by atoms with van der Waals surface area (Å²) >= 11 is 1.40. The van der Waals surface area contributed by atoms with Crippen LogP contribution in [0.2, 0.25) is 0 Å². The number of nitrogens with one attached hydrogen (secondary N) is 1. The zero-order chi connectivity index (χ0) is 15.2. The van der Waals surface area contributed by atoms with Gasteiger partial charge >= 0.3 is 0 Å². The van der Waals surface area contributed by atoms with Crippen molar-refractivity contribution in [1.29, 1.82) is 0 Å². The molecule has 0 spiro atoms. The van der Waals surface area contributed by atoms with Crippen LogP contribution in [-0.4, -0.2) is 45.7 Å². The van der Waals surface area contributed by atoms with E-state index < -0.39 is 0 Å². The van der Waals surface area contributed by atoms with Crippen LogP contribution in [0.25, 0.3) is 0 Å². The second kappa shape index (κ2) is 7.77. The zero-order valence-electron chi connectivity index (χ0n) is 12.5. The lowest BCUT2D eigenvalue weighted by Crippen LogP contribution is -2.39. The number of hydrogen-bond donors (Lipinski definition) is 2. The average Bonchev–Trinajstić information content (AvgIpc) is 2.89. The van der Waals surface area contributed by atoms with Crippen LogP contribution in [0.3, 0.4) is 0 Å². The van der Waals surface area contributed by atoms with Gasteiger partial charge in [-0.2, -0.15) is 0 Å². The Morgan fingerprint density at radius 1 is 1.48 bits per heavy atom. The normalized spacial score (nSPS) is 16.4. The number of nitrogens with two attached hydrogens (primary N) is 1. The Hall–Kier alpha value is -1.12. The Morgan fingerprint density at radius 2 is 2.19 bits per heavy atom. The predicted octanol–water partition coefficient (Wildman–Crippen LogP) is 0.705. The van der Waals surface area contributed by atoms with Crippen LogP contribution in [0, 0.1) is 0 Å². The van der Waals surface area contributed by atoms with Gasteiger partial charge in [0.2, 0.25) is 5.91 Å². The molecule has 0 aromatic carbocycles. The lowest BCUT2D eigenvalue weighted by atomic mass is 10.1. The second-order valence-corrected chi connectivity index (χ2v) is 6.25. The first kappa shape index (κ1) is 16.3. The minimum absolute atomic E-state index is 0.0273. The second-order valence-electron chi connectivity index (χ2n) is 5.31. The van der Waals surface area contributed by atoms with Gasteiger partial charge in [0.15, 0.2) is 5.16 Å². The van der Waals surface area contributed by atoms with Crippen molar-refractivity contribution in [2.75, 3.05) is 19.0 Å². The Morgan fingerprint density at radius 3 is 2.81 bits per heavy atom. The molecule has 0 atom stereocenters. The molecule has 1 saturated heterocycles. The van der Waals surface area contributed by atoms with Crippen LogP contribution < -0.4 is 11.1 Å². The van der Waals surface area contributed by atoms with E-state index in [0.29, 0.717) is 12.3 Å². The summed E-state index contributed by atoms with van der Waals surface area (Å²) in [6.45, 7) is 5.89. The van der Waals surface area contributed by atoms with Crippen molar-refractivity contribution in [1.82, 2.24) is 20.1 Å². The highest BCUT2D eigenvalue weighted by atomic mass is 32.2. The molecule has 0 saturated carbocycles. The third kappa shape index (κ3) is 4.42. The Balaban J connectivity index is 1.87. The monoisotopic (exact) mass is 313 g/mol. The van der Waals surface area contributed by atoms with Gasteiger partial charge in [-0.3, -0.25) is 4.79 Å². The van der Waals surface area contributed by atoms with E-state index in [4.69, 9.17) is 10.5 Å². The maximum absolute atomic E-state index is 12.0. The van der Waals surface area contributed by atoms with Crippen LogP contribution in [0.4, 0.5) is 0 Å². The van der Waals surface area contributed by atoms with Gasteiger partial charge in [0.05, 0.1) is 12.3 Å². The molecule has 0 aliphatic carbocycles. The summed E-state index contributed by atoms with van der Waals surface area (Å²) in [4.78, 5) is 12.0. The van der Waals surface area contributed by atoms with Crippen molar-refractivity contribution in [3.05, 3.63) is 5.82 Å². The van der Waals surface area contributed by atoms with E-state index in [-0.39, 0.29) is 18.0 Å². The maximum atomic E-state index is 12.0. The molecule has 3 N–H and O–H groups in total. The van der Waals surface area contributed by atoms with Gasteiger partial charge in [-0.05, 0) is 26.7 Å². The minimum Gasteiger partial charge on any atom is -0.381 e. The van der Waals surface area contributed by atoms with Crippen molar-refractivity contribution in [2.45, 2.75) is 50.5 Å². The van der Waals surface area contributed by atoms with Crippen LogP contribution in [0.5, 0.6) is 0 Å². The maximum Gasteiger partial charge on any atom is 0.230 e. The summed E-state index contributed by atoms with van der Waals surface area (Å²) in [5, 5.41) is 12.0. The van der Waals surface area contributed by atoms with Crippen LogP contribution >= 0.6 is 11.8 Å². The highest BCUT2D eigenvalue weighted by Gasteiger charge is 2.18. The molecule has 21 heavy (non-hydrogen) atoms. The SMILES string of the molecule is CC(C)n1c(CN)nnc1SCC(=O)NC1CCOCC1. The summed E-state index contributed by atoms with van der Waals surface area (Å²) in [7, 11) is 0. The van der Waals surface area contributed by atoms with Crippen molar-refractivity contribution in [2.24, 2.45) is 5.73 Å². The first-order valence-electron chi connectivity index (χ1n) is 7.25. The lowest BCUT2D eigenvalue weighted by molar-refractivity contribution is -0.119. The number of carbonyl (C=O) groups excluding carboxylic acids is 1. The van der Waals surface area contributed by atoms with Crippen LogP contribution in [-0.2, 0) is 16.1 Å². The third-order valence-electron chi connectivity index (χ3n) is 3.35. The molecule has 2 rings (SSSR count). The fourth-order valence-electron chi connectivity index (χ4n) is 2.31. The molecule has 118 valence electrons. The molecule has 1 aliphatic rings. The van der Waals surface area contributed by atoms with E-state index in [2.05, 4.69) is 29.4 Å². The summed E-state index contributed by atoms with van der Waals surface area (Å²) in [6, 6.07) is 0.453. The van der Waals surface area contributed by atoms with Crippen molar-refractivity contribution >= 4 is 17.7 Å². The molecular weight excluding hydrogens is 290 g/mol. The third-order valence-corrected chi connectivity index (χ3v) is 4.30. The molecule has 2 heterocycles. The van der Waals surface area contributed by atoms with E-state index in [1.54, 1.807) is 0 Å². The topological polar surface area (TPSA) is 95.1 Å². The van der Waals surface area contributed by atoms with Gasteiger partial charge in [0, 0.05) is 25.3 Å². The number of rotatable bonds is 6. The van der Waals surface area contributed by atoms with Crippen molar-refractivity contribution in [3.8, 4) is 0 Å². The minimum atomic E-state index is 0.0273. The quantitative estimate of drug-likeness (QED) is 0.751. The first-order valence-corrected chi connectivity index (χ1v) is 8.24. The molecule has 1 fully saturated rings. The zero-order valence-corrected chi connectivity index (χ0v) is 13.4. The van der Waals surface area contributed by atoms with Crippen LogP contribution in [0.15, 0.2) is 5.16 Å². The Bertz CT molecular complexity index is 471. The number of nitrogens with zero attached hydrogens (tertiary/aromatic N) is 3. The predicted molar refractivity (Wildman–Crippen MR) is 81.0 cm³/mol. The molecule has 0 radical (unpaired) electrons. The van der Waals surface area contributed by atoms with Crippen molar-refractivity contribution in [3.63, 3.8) is 0 Å². The van der Waals surface area contributed by atoms with E-state index in [0.717, 1.165) is 37.0 Å². The number of amides is 1. The van der Waals surface area contributed by atoms with E-state index in [1.165, 1.54) is 11.8 Å². The standard InChI is InChI=1S/C13H23N5O2S/c1-9(2)18-11(7-14)16-17-13(18)21-8-12(19)15-10-3-5-20-6-4-10/h9-10H,3-8,14H2,1-2H3,(H,15,19). The largest absolute Gasteiger partial charge is 0.381 e. The lowest BCUT2D eigenvalue weighted by Gasteiger charge is -2.23. The molecule has 1 aromatic rings. The van der Waals surface area contributed by atoms with Crippen LogP contribution in [0.1, 0.15) is 38.6 Å². The molecule has 1 aliphatic heterocycles. The summed E-state index contributed by atoms with van der Waals surface area (Å²) in [6.07, 6.45) is 1.77. The van der Waals surface area contributed by atoms with Gasteiger partial charge in [-0.1, -0.05) is 11.8 Å². The van der Waals surface area contributed by atoms with Gasteiger partial charge in [-0.25, -0.2) is 0 Å². The molecule has 0 bridgehead atoms. The molecule has 0 unspecified atom stereocenters. The average molecular weight is 313 g/mol. The van der Waals surface area contributed by atoms with Gasteiger partial charge in [-0.15, -0.1) is 10.2 Å². The van der Waals surface area contributed by atoms with Gasteiger partial charge in [0.25, 0.3) is 0 Å². The number of hydrogen-bond acceptors (Lipinski definition) is 6. The van der Waals surface area contributed by atoms with Gasteiger partial charge in [0.1, 0.15) is 5.82 Å². The summed E-state index contributed by atoms with van der Waals surface area (Å²) in [5.41, 5.74) is 5.66. The fourth-order valence-corrected chi connectivity index (χ4v) is 3.20. The highest BCUT2D eigenvalue weighted by Crippen LogP contribution is 2.21. The number of aromatic nitrogens is 3. The number of thioether (sulfide) groups is 1. The van der Waals surface area contributed by atoms with E-state index >= 15 is 0 Å². The molecule has 7 nitrogen and oxygen atoms in total.